The van der Waals surface area contributed by atoms with Gasteiger partial charge in [-0.3, -0.25) is 9.59 Å². The van der Waals surface area contributed by atoms with Gasteiger partial charge in [-0.25, -0.2) is 4.39 Å². The summed E-state index contributed by atoms with van der Waals surface area (Å²) in [5.74, 6) is -1.74. The fraction of sp³-hybridized carbons (Fsp3) is 0.200. The molecule has 0 aromatic heterocycles. The molecule has 0 aliphatic rings. The molecule has 0 fully saturated rings. The molecule has 1 amide bonds. The van der Waals surface area contributed by atoms with Gasteiger partial charge in [0.1, 0.15) is 18.1 Å². The van der Waals surface area contributed by atoms with E-state index in [9.17, 15) is 14.0 Å². The number of nitrogens with one attached hydrogen (secondary N) is 1. The van der Waals surface area contributed by atoms with Gasteiger partial charge in [-0.15, -0.1) is 0 Å². The number of hydrogen-bond acceptors (Lipinski definition) is 3. The average Bonchev–Trinajstić information content (AvgIpc) is 2.25. The minimum atomic E-state index is -1.13. The first-order valence-electron chi connectivity index (χ1n) is 4.45. The number of carbonyl (C=O) groups is 2. The summed E-state index contributed by atoms with van der Waals surface area (Å²) < 4.78 is 17.5. The molecular formula is C10H10FNO4. The molecule has 1 aromatic carbocycles. The molecule has 0 radical (unpaired) electrons. The summed E-state index contributed by atoms with van der Waals surface area (Å²) >= 11 is 0. The molecule has 0 saturated carbocycles. The third-order valence-electron chi connectivity index (χ3n) is 1.62. The summed E-state index contributed by atoms with van der Waals surface area (Å²) in [5, 5.41) is 10.4. The molecule has 0 aliphatic carbocycles. The lowest BCUT2D eigenvalue weighted by Crippen LogP contribution is -2.33. The number of aliphatic carboxylic acids is 1. The van der Waals surface area contributed by atoms with Gasteiger partial charge in [-0.05, 0) is 24.3 Å². The lowest BCUT2D eigenvalue weighted by molar-refractivity contribution is -0.138. The molecule has 1 aromatic rings. The Hall–Kier alpha value is -2.11. The van der Waals surface area contributed by atoms with E-state index in [-0.39, 0.29) is 6.61 Å². The second kappa shape index (κ2) is 5.69. The quantitative estimate of drug-likeness (QED) is 0.763. The molecule has 6 heteroatoms. The summed E-state index contributed by atoms with van der Waals surface area (Å²) in [5.41, 5.74) is 0. The van der Waals surface area contributed by atoms with Crippen molar-refractivity contribution in [2.24, 2.45) is 0 Å². The van der Waals surface area contributed by atoms with Crippen molar-refractivity contribution in [1.29, 1.82) is 0 Å². The molecule has 0 spiro atoms. The van der Waals surface area contributed by atoms with Gasteiger partial charge < -0.3 is 15.2 Å². The van der Waals surface area contributed by atoms with E-state index in [1.54, 1.807) is 0 Å². The number of rotatable bonds is 5. The van der Waals surface area contributed by atoms with Crippen molar-refractivity contribution < 1.29 is 23.8 Å². The monoisotopic (exact) mass is 227 g/mol. The van der Waals surface area contributed by atoms with Gasteiger partial charge in [0.15, 0.2) is 6.61 Å². The third-order valence-corrected chi connectivity index (χ3v) is 1.62. The fourth-order valence-corrected chi connectivity index (χ4v) is 0.905. The van der Waals surface area contributed by atoms with Crippen LogP contribution in [0.4, 0.5) is 4.39 Å². The number of carboxylic acid groups (broad SMARTS) is 1. The number of hydrogen-bond donors (Lipinski definition) is 2. The van der Waals surface area contributed by atoms with E-state index in [4.69, 9.17) is 9.84 Å². The highest BCUT2D eigenvalue weighted by Gasteiger charge is 2.04. The SMILES string of the molecule is O=C(O)CNC(=O)COc1ccc(F)cc1. The summed E-state index contributed by atoms with van der Waals surface area (Å²) in [4.78, 5) is 21.1. The third kappa shape index (κ3) is 4.41. The maximum absolute atomic E-state index is 12.5. The molecule has 0 bridgehead atoms. The Labute approximate surface area is 90.8 Å². The fourth-order valence-electron chi connectivity index (χ4n) is 0.905. The van der Waals surface area contributed by atoms with Crippen LogP contribution < -0.4 is 10.1 Å². The van der Waals surface area contributed by atoms with Crippen LogP contribution in [0.15, 0.2) is 24.3 Å². The lowest BCUT2D eigenvalue weighted by Gasteiger charge is -2.05. The predicted molar refractivity (Wildman–Crippen MR) is 52.5 cm³/mol. The molecule has 0 heterocycles. The van der Waals surface area contributed by atoms with E-state index in [0.717, 1.165) is 0 Å². The summed E-state index contributed by atoms with van der Waals surface area (Å²) in [6, 6.07) is 5.15. The molecule has 0 aliphatic heterocycles. The second-order valence-corrected chi connectivity index (χ2v) is 2.91. The van der Waals surface area contributed by atoms with Crippen molar-refractivity contribution in [3.05, 3.63) is 30.1 Å². The van der Waals surface area contributed by atoms with Crippen LogP contribution in [0.25, 0.3) is 0 Å². The minimum Gasteiger partial charge on any atom is -0.484 e. The van der Waals surface area contributed by atoms with Crippen LogP contribution in [0.5, 0.6) is 5.75 Å². The largest absolute Gasteiger partial charge is 0.484 e. The highest BCUT2D eigenvalue weighted by atomic mass is 19.1. The Morgan fingerprint density at radius 2 is 1.94 bits per heavy atom. The van der Waals surface area contributed by atoms with E-state index in [1.807, 2.05) is 0 Å². The van der Waals surface area contributed by atoms with Crippen molar-refractivity contribution in [3.63, 3.8) is 0 Å². The van der Waals surface area contributed by atoms with E-state index in [2.05, 4.69) is 5.32 Å². The molecular weight excluding hydrogens is 217 g/mol. The van der Waals surface area contributed by atoms with Crippen molar-refractivity contribution in [3.8, 4) is 5.75 Å². The molecule has 16 heavy (non-hydrogen) atoms. The zero-order chi connectivity index (χ0) is 12.0. The highest BCUT2D eigenvalue weighted by Crippen LogP contribution is 2.10. The standard InChI is InChI=1S/C10H10FNO4/c11-7-1-3-8(4-2-7)16-6-9(13)12-5-10(14)15/h1-4H,5-6H2,(H,12,13)(H,14,15). The lowest BCUT2D eigenvalue weighted by atomic mass is 10.3. The van der Waals surface area contributed by atoms with Gasteiger partial charge in [0.25, 0.3) is 5.91 Å². The first-order chi connectivity index (χ1) is 7.58. The minimum absolute atomic E-state index is 0.307. The van der Waals surface area contributed by atoms with Gasteiger partial charge in [0, 0.05) is 0 Å². The van der Waals surface area contributed by atoms with Crippen LogP contribution in [0.3, 0.4) is 0 Å². The van der Waals surface area contributed by atoms with Gasteiger partial charge in [0.05, 0.1) is 0 Å². The molecule has 0 unspecified atom stereocenters. The molecule has 5 nitrogen and oxygen atoms in total. The predicted octanol–water partition coefficient (Wildman–Crippen LogP) is 0.405. The second-order valence-electron chi connectivity index (χ2n) is 2.91. The van der Waals surface area contributed by atoms with Crippen LogP contribution in [-0.2, 0) is 9.59 Å². The summed E-state index contributed by atoms with van der Waals surface area (Å²) in [6.45, 7) is -0.759. The molecule has 86 valence electrons. The van der Waals surface area contributed by atoms with E-state index < -0.39 is 24.2 Å². The Morgan fingerprint density at radius 1 is 1.31 bits per heavy atom. The topological polar surface area (TPSA) is 75.6 Å². The maximum atomic E-state index is 12.5. The van der Waals surface area contributed by atoms with Crippen molar-refractivity contribution in [2.75, 3.05) is 13.2 Å². The normalized spacial score (nSPS) is 9.56. The number of benzene rings is 1. The van der Waals surface area contributed by atoms with Crippen molar-refractivity contribution in [2.45, 2.75) is 0 Å². The van der Waals surface area contributed by atoms with Gasteiger partial charge >= 0.3 is 5.97 Å². The number of carbonyl (C=O) groups excluding carboxylic acids is 1. The van der Waals surface area contributed by atoms with Crippen LogP contribution in [0, 0.1) is 5.82 Å². The van der Waals surface area contributed by atoms with E-state index in [1.165, 1.54) is 24.3 Å². The van der Waals surface area contributed by atoms with Gasteiger partial charge in [-0.1, -0.05) is 0 Å². The zero-order valence-electron chi connectivity index (χ0n) is 8.27. The number of halogens is 1. The molecule has 0 saturated heterocycles. The van der Waals surface area contributed by atoms with Crippen LogP contribution in [-0.4, -0.2) is 30.1 Å². The Balaban J connectivity index is 2.31. The van der Waals surface area contributed by atoms with Gasteiger partial charge in [0.2, 0.25) is 0 Å². The summed E-state index contributed by atoms with van der Waals surface area (Å²) in [6.07, 6.45) is 0. The first-order valence-corrected chi connectivity index (χ1v) is 4.45. The van der Waals surface area contributed by atoms with Crippen molar-refractivity contribution >= 4 is 11.9 Å². The van der Waals surface area contributed by atoms with Crippen LogP contribution >= 0.6 is 0 Å². The van der Waals surface area contributed by atoms with Gasteiger partial charge in [-0.2, -0.15) is 0 Å². The average molecular weight is 227 g/mol. The Morgan fingerprint density at radius 3 is 2.50 bits per heavy atom. The number of ether oxygens (including phenoxy) is 1. The smallest absolute Gasteiger partial charge is 0.322 e. The molecule has 0 atom stereocenters. The van der Waals surface area contributed by atoms with E-state index >= 15 is 0 Å². The highest BCUT2D eigenvalue weighted by molar-refractivity contribution is 5.82. The Bertz CT molecular complexity index is 377. The van der Waals surface area contributed by atoms with E-state index in [0.29, 0.717) is 5.75 Å². The zero-order valence-corrected chi connectivity index (χ0v) is 8.27. The van der Waals surface area contributed by atoms with Crippen LogP contribution in [0.1, 0.15) is 0 Å². The summed E-state index contributed by atoms with van der Waals surface area (Å²) in [7, 11) is 0. The number of amides is 1. The number of carboxylic acids is 1. The Kier molecular flexibility index (Phi) is 4.26. The van der Waals surface area contributed by atoms with Crippen LogP contribution in [0.2, 0.25) is 0 Å². The first kappa shape index (κ1) is 12.0. The van der Waals surface area contributed by atoms with Crippen molar-refractivity contribution in [1.82, 2.24) is 5.32 Å². The molecule has 1 rings (SSSR count). The maximum Gasteiger partial charge on any atom is 0.322 e. The molecule has 2 N–H and O–H groups in total.